The number of rotatable bonds is 3. The Hall–Kier alpha value is -1.56. The minimum absolute atomic E-state index is 0.572. The van der Waals surface area contributed by atoms with Gasteiger partial charge in [-0.2, -0.15) is 0 Å². The van der Waals surface area contributed by atoms with E-state index in [9.17, 15) is 0 Å². The van der Waals surface area contributed by atoms with Crippen molar-refractivity contribution in [3.63, 3.8) is 0 Å². The normalized spacial score (nSPS) is 10.4. The molecule has 0 aliphatic carbocycles. The van der Waals surface area contributed by atoms with Crippen LogP contribution in [0.3, 0.4) is 0 Å². The Morgan fingerprint density at radius 1 is 0.895 bits per heavy atom. The molecule has 1 heterocycles. The fourth-order valence-electron chi connectivity index (χ4n) is 1.88. The molecule has 0 amide bonds. The van der Waals surface area contributed by atoms with Gasteiger partial charge in [-0.1, -0.05) is 0 Å². The van der Waals surface area contributed by atoms with Crippen molar-refractivity contribution < 1.29 is 7.49 Å². The second-order valence-electron chi connectivity index (χ2n) is 4.13. The van der Waals surface area contributed by atoms with Gasteiger partial charge < -0.3 is 0 Å². The average molecular weight is 365 g/mol. The van der Waals surface area contributed by atoms with Gasteiger partial charge in [0.05, 0.1) is 0 Å². The minimum atomic E-state index is -0.572. The van der Waals surface area contributed by atoms with E-state index in [-0.39, 0.29) is 0 Å². The average Bonchev–Trinajstić information content (AvgIpc) is 2.98. The molecule has 0 spiro atoms. The fourth-order valence-corrected chi connectivity index (χ4v) is 3.91. The maximum absolute atomic E-state index is 5.89. The Morgan fingerprint density at radius 2 is 1.63 bits per heavy atom. The van der Waals surface area contributed by atoms with E-state index >= 15 is 0 Å². The zero-order valence-electron chi connectivity index (χ0n) is 10.5. The van der Waals surface area contributed by atoms with Crippen molar-refractivity contribution in [2.75, 3.05) is 7.11 Å². The molecular weight excluding hydrogens is 352 g/mol. The number of methoxy groups -OCH3 is 1. The molecule has 2 aromatic carbocycles. The van der Waals surface area contributed by atoms with Crippen LogP contribution in [0, 0.1) is 0 Å². The molecule has 0 saturated heterocycles. The van der Waals surface area contributed by atoms with Gasteiger partial charge >= 0.3 is 122 Å². The van der Waals surface area contributed by atoms with Crippen molar-refractivity contribution in [3.05, 3.63) is 60.7 Å². The monoisotopic (exact) mass is 367 g/mol. The molecule has 1 aromatic heterocycles. The van der Waals surface area contributed by atoms with Crippen LogP contribution in [0.5, 0.6) is 5.75 Å². The molecule has 0 fully saturated rings. The molecule has 0 unspecified atom stereocenters. The van der Waals surface area contributed by atoms with Crippen molar-refractivity contribution in [2.45, 2.75) is 0 Å². The van der Waals surface area contributed by atoms with E-state index in [0.29, 0.717) is 0 Å². The third-order valence-electron chi connectivity index (χ3n) is 2.92. The number of ether oxygens (including phenoxy) is 1. The van der Waals surface area contributed by atoms with Gasteiger partial charge in [-0.15, -0.1) is 0 Å². The molecule has 0 aliphatic rings. The van der Waals surface area contributed by atoms with E-state index in [1.165, 1.54) is 9.14 Å². The van der Waals surface area contributed by atoms with Crippen LogP contribution in [-0.2, 0) is 0 Å². The Kier molecular flexibility index (Phi) is 3.68. The molecule has 3 rings (SSSR count). The van der Waals surface area contributed by atoms with Crippen molar-refractivity contribution in [1.29, 1.82) is 0 Å². The first-order valence-corrected chi connectivity index (χ1v) is 8.11. The van der Waals surface area contributed by atoms with Crippen LogP contribution in [0.25, 0.3) is 20.5 Å². The Labute approximate surface area is 122 Å². The summed E-state index contributed by atoms with van der Waals surface area (Å²) in [4.78, 5) is 0. The first-order valence-electron chi connectivity index (χ1n) is 6.00. The molecule has 19 heavy (non-hydrogen) atoms. The maximum atomic E-state index is 5.89. The van der Waals surface area contributed by atoms with Gasteiger partial charge in [0.25, 0.3) is 0 Å². The first-order chi connectivity index (χ1) is 9.36. The van der Waals surface area contributed by atoms with Crippen LogP contribution in [0.1, 0.15) is 0 Å². The molecule has 0 aliphatic heterocycles. The van der Waals surface area contributed by atoms with E-state index in [4.69, 9.17) is 7.49 Å². The van der Waals surface area contributed by atoms with Crippen LogP contribution >= 0.6 is 0 Å². The molecule has 0 radical (unpaired) electrons. The van der Waals surface area contributed by atoms with Crippen molar-refractivity contribution >= 4 is 20.9 Å². The Morgan fingerprint density at radius 3 is 2.32 bits per heavy atom. The van der Waals surface area contributed by atoms with Gasteiger partial charge in [0.15, 0.2) is 0 Å². The number of hydrogen-bond acceptors (Lipinski definition) is 1. The topological polar surface area (TPSA) is 20.5 Å². The van der Waals surface area contributed by atoms with Crippen LogP contribution < -0.4 is 4.74 Å². The predicted octanol–water partition coefficient (Wildman–Crippen LogP) is 3.96. The second kappa shape index (κ2) is 5.61. The summed E-state index contributed by atoms with van der Waals surface area (Å²) in [6.45, 7) is 0. The number of hydrogen-bond donors (Lipinski definition) is 0. The summed E-state index contributed by atoms with van der Waals surface area (Å²) in [7, 11) is 1.67. The summed E-state index contributed by atoms with van der Waals surface area (Å²) in [5.74, 6) is 1.84. The molecule has 0 N–H and O–H groups in total. The summed E-state index contributed by atoms with van der Waals surface area (Å²) < 4.78 is 12.4. The Bertz CT molecular complexity index is 657. The standard InChI is InChI=1S/C16H13O2Te/c1-17-14-9-7-12(8-10-14)15-11-16(19-18-15)13-5-3-2-4-6-13/h2-11H,1H3/q+1. The molecular formula is C16H13O2Te+. The Balaban J connectivity index is 1.92. The molecule has 0 saturated carbocycles. The van der Waals surface area contributed by atoms with E-state index in [1.807, 2.05) is 30.3 Å². The van der Waals surface area contributed by atoms with Gasteiger partial charge in [0, 0.05) is 0 Å². The van der Waals surface area contributed by atoms with Gasteiger partial charge in [0.1, 0.15) is 0 Å². The zero-order chi connectivity index (χ0) is 13.1. The first kappa shape index (κ1) is 12.5. The quantitative estimate of drug-likeness (QED) is 0.518. The summed E-state index contributed by atoms with van der Waals surface area (Å²) in [6.07, 6.45) is 0. The van der Waals surface area contributed by atoms with Crippen LogP contribution in [-0.4, -0.2) is 28.0 Å². The molecule has 0 atom stereocenters. The number of benzene rings is 2. The van der Waals surface area contributed by atoms with Gasteiger partial charge in [-0.05, 0) is 0 Å². The van der Waals surface area contributed by atoms with Crippen molar-refractivity contribution in [1.82, 2.24) is 0 Å². The molecule has 94 valence electrons. The van der Waals surface area contributed by atoms with Gasteiger partial charge in [-0.25, -0.2) is 0 Å². The van der Waals surface area contributed by atoms with Crippen molar-refractivity contribution in [3.8, 4) is 26.2 Å². The van der Waals surface area contributed by atoms with Crippen LogP contribution in [0.4, 0.5) is 0 Å². The third kappa shape index (κ3) is 2.73. The van der Waals surface area contributed by atoms with E-state index in [1.54, 1.807) is 7.11 Å². The molecule has 3 aromatic rings. The molecule has 3 heteroatoms. The van der Waals surface area contributed by atoms with Crippen molar-refractivity contribution in [2.24, 2.45) is 0 Å². The molecule has 0 bridgehead atoms. The van der Waals surface area contributed by atoms with Gasteiger partial charge in [0.2, 0.25) is 0 Å². The summed E-state index contributed by atoms with van der Waals surface area (Å²) >= 11 is -0.572. The van der Waals surface area contributed by atoms with E-state index < -0.39 is 20.9 Å². The SMILES string of the molecule is COc1ccc(-c2cc(-c3ccccc3)[te][o+]2)cc1. The van der Waals surface area contributed by atoms with Crippen LogP contribution in [0.15, 0.2) is 63.4 Å². The fraction of sp³-hybridized carbons (Fsp3) is 0.0625. The zero-order valence-corrected chi connectivity index (χ0v) is 12.8. The summed E-state index contributed by atoms with van der Waals surface area (Å²) in [5, 5.41) is 0. The third-order valence-corrected chi connectivity index (χ3v) is 5.19. The van der Waals surface area contributed by atoms with E-state index in [0.717, 1.165) is 17.1 Å². The van der Waals surface area contributed by atoms with E-state index in [2.05, 4.69) is 30.3 Å². The second-order valence-corrected chi connectivity index (χ2v) is 6.34. The summed E-state index contributed by atoms with van der Waals surface area (Å²) in [5.41, 5.74) is 2.38. The van der Waals surface area contributed by atoms with Crippen LogP contribution in [0.2, 0.25) is 0 Å². The van der Waals surface area contributed by atoms with Gasteiger partial charge in [-0.3, -0.25) is 0 Å². The molecule has 2 nitrogen and oxygen atoms in total. The predicted molar refractivity (Wildman–Crippen MR) is 77.5 cm³/mol. The summed E-state index contributed by atoms with van der Waals surface area (Å²) in [6, 6.07) is 20.6.